The Bertz CT molecular complexity index is 205. The van der Waals surface area contributed by atoms with Gasteiger partial charge in [0, 0.05) is 0 Å². The molecule has 1 aliphatic carbocycles. The van der Waals surface area contributed by atoms with Gasteiger partial charge >= 0.3 is 0 Å². The normalized spacial score (nSPS) is 36.0. The average molecular weight is 160 g/mol. The molecule has 1 rings (SSSR count). The lowest BCUT2D eigenvalue weighted by atomic mass is 9.84. The van der Waals surface area contributed by atoms with Gasteiger partial charge in [0.15, 0.2) is 0 Å². The molecular formula is C11H17B. The van der Waals surface area contributed by atoms with E-state index in [4.69, 9.17) is 7.85 Å². The van der Waals surface area contributed by atoms with Gasteiger partial charge < -0.3 is 0 Å². The van der Waals surface area contributed by atoms with E-state index in [-0.39, 0.29) is 0 Å². The standard InChI is InChI=1S/C11H17B/c1-7-8(2)10(4)11(5-6-12)9(7)3/h8,10-11H,1,3,5-6H2,2,4H3. The van der Waals surface area contributed by atoms with Crippen LogP contribution in [0.25, 0.3) is 0 Å². The van der Waals surface area contributed by atoms with Gasteiger partial charge in [0.1, 0.15) is 0 Å². The van der Waals surface area contributed by atoms with Crippen LogP contribution >= 0.6 is 0 Å². The molecular weight excluding hydrogens is 143 g/mol. The summed E-state index contributed by atoms with van der Waals surface area (Å²) in [6.07, 6.45) is 1.82. The van der Waals surface area contributed by atoms with Crippen LogP contribution in [0.15, 0.2) is 24.3 Å². The Morgan fingerprint density at radius 1 is 1.25 bits per heavy atom. The molecule has 0 aromatic rings. The fraction of sp³-hybridized carbons (Fsp3) is 0.636. The Kier molecular flexibility index (Phi) is 2.82. The molecule has 64 valence electrons. The third-order valence-corrected chi connectivity index (χ3v) is 3.31. The molecule has 0 aromatic carbocycles. The van der Waals surface area contributed by atoms with Crippen molar-refractivity contribution in [3.05, 3.63) is 24.3 Å². The first-order valence-corrected chi connectivity index (χ1v) is 4.67. The van der Waals surface area contributed by atoms with Crippen LogP contribution in [-0.4, -0.2) is 7.85 Å². The van der Waals surface area contributed by atoms with E-state index < -0.39 is 0 Å². The van der Waals surface area contributed by atoms with Crippen molar-refractivity contribution < 1.29 is 0 Å². The summed E-state index contributed by atoms with van der Waals surface area (Å²) in [5.41, 5.74) is 2.47. The summed E-state index contributed by atoms with van der Waals surface area (Å²) in [7, 11) is 5.55. The zero-order valence-electron chi connectivity index (χ0n) is 8.14. The summed E-state index contributed by atoms with van der Waals surface area (Å²) < 4.78 is 0. The number of hydrogen-bond donors (Lipinski definition) is 0. The van der Waals surface area contributed by atoms with Crippen LogP contribution in [0.3, 0.4) is 0 Å². The Balaban J connectivity index is 2.76. The predicted molar refractivity (Wildman–Crippen MR) is 55.3 cm³/mol. The van der Waals surface area contributed by atoms with Crippen LogP contribution < -0.4 is 0 Å². The first kappa shape index (κ1) is 9.63. The first-order valence-electron chi connectivity index (χ1n) is 4.67. The minimum atomic E-state index is 0.581. The van der Waals surface area contributed by atoms with E-state index >= 15 is 0 Å². The Morgan fingerprint density at radius 2 is 1.83 bits per heavy atom. The third kappa shape index (κ3) is 1.37. The van der Waals surface area contributed by atoms with Crippen molar-refractivity contribution >= 4 is 7.85 Å². The predicted octanol–water partition coefficient (Wildman–Crippen LogP) is 2.98. The molecule has 1 saturated carbocycles. The van der Waals surface area contributed by atoms with Crippen LogP contribution in [0.4, 0.5) is 0 Å². The quantitative estimate of drug-likeness (QED) is 0.544. The van der Waals surface area contributed by atoms with Gasteiger partial charge in [-0.1, -0.05) is 39.7 Å². The van der Waals surface area contributed by atoms with E-state index in [1.54, 1.807) is 0 Å². The summed E-state index contributed by atoms with van der Waals surface area (Å²) in [6, 6.07) is 0. The summed E-state index contributed by atoms with van der Waals surface area (Å²) >= 11 is 0. The second-order valence-electron chi connectivity index (χ2n) is 3.88. The lowest BCUT2D eigenvalue weighted by molar-refractivity contribution is 0.379. The van der Waals surface area contributed by atoms with Gasteiger partial charge in [-0.05, 0) is 28.9 Å². The van der Waals surface area contributed by atoms with Gasteiger partial charge in [-0.3, -0.25) is 0 Å². The van der Waals surface area contributed by atoms with Gasteiger partial charge in [0.2, 0.25) is 0 Å². The lowest BCUT2D eigenvalue weighted by Crippen LogP contribution is -2.09. The fourth-order valence-electron chi connectivity index (χ4n) is 2.13. The highest BCUT2D eigenvalue weighted by molar-refractivity contribution is 6.08. The highest BCUT2D eigenvalue weighted by Crippen LogP contribution is 2.45. The SMILES string of the molecule is [B]CCC1C(=C)C(=C)C(C)C1C. The molecule has 3 atom stereocenters. The lowest BCUT2D eigenvalue weighted by Gasteiger charge is -2.16. The second kappa shape index (κ2) is 3.51. The summed E-state index contributed by atoms with van der Waals surface area (Å²) in [5, 5.41) is 0. The van der Waals surface area contributed by atoms with Crippen LogP contribution in [0, 0.1) is 17.8 Å². The van der Waals surface area contributed by atoms with Crippen molar-refractivity contribution in [2.24, 2.45) is 17.8 Å². The van der Waals surface area contributed by atoms with Crippen molar-refractivity contribution in [2.75, 3.05) is 0 Å². The topological polar surface area (TPSA) is 0 Å². The molecule has 0 amide bonds. The number of rotatable bonds is 2. The largest absolute Gasteiger partial charge is 0.0953 e. The molecule has 3 unspecified atom stereocenters. The molecule has 0 nitrogen and oxygen atoms in total. The average Bonchev–Trinajstić information content (AvgIpc) is 2.23. The Hall–Kier alpha value is -0.455. The molecule has 1 fully saturated rings. The molecule has 0 heterocycles. The van der Waals surface area contributed by atoms with E-state index in [0.717, 1.165) is 12.7 Å². The van der Waals surface area contributed by atoms with Gasteiger partial charge in [-0.2, -0.15) is 0 Å². The van der Waals surface area contributed by atoms with E-state index in [1.807, 2.05) is 0 Å². The molecule has 0 aliphatic heterocycles. The van der Waals surface area contributed by atoms with E-state index in [2.05, 4.69) is 27.0 Å². The molecule has 12 heavy (non-hydrogen) atoms. The van der Waals surface area contributed by atoms with Crippen LogP contribution in [0.1, 0.15) is 20.3 Å². The van der Waals surface area contributed by atoms with E-state index in [0.29, 0.717) is 17.8 Å². The summed E-state index contributed by atoms with van der Waals surface area (Å²) in [5.74, 6) is 1.85. The zero-order valence-corrected chi connectivity index (χ0v) is 8.14. The third-order valence-electron chi connectivity index (χ3n) is 3.31. The van der Waals surface area contributed by atoms with Crippen LogP contribution in [0.2, 0.25) is 6.32 Å². The van der Waals surface area contributed by atoms with Gasteiger partial charge in [0.25, 0.3) is 0 Å². The molecule has 2 radical (unpaired) electrons. The summed E-state index contributed by atoms with van der Waals surface area (Å²) in [4.78, 5) is 0. The smallest absolute Gasteiger partial charge is 0.0653 e. The van der Waals surface area contributed by atoms with Crippen molar-refractivity contribution in [3.8, 4) is 0 Å². The fourth-order valence-corrected chi connectivity index (χ4v) is 2.13. The number of hydrogen-bond acceptors (Lipinski definition) is 0. The monoisotopic (exact) mass is 160 g/mol. The highest BCUT2D eigenvalue weighted by atomic mass is 14.4. The second-order valence-corrected chi connectivity index (χ2v) is 3.88. The minimum absolute atomic E-state index is 0.581. The number of allylic oxidation sites excluding steroid dienone is 2. The molecule has 0 saturated heterocycles. The first-order chi connectivity index (χ1) is 5.59. The highest BCUT2D eigenvalue weighted by Gasteiger charge is 2.34. The van der Waals surface area contributed by atoms with Crippen molar-refractivity contribution in [2.45, 2.75) is 26.6 Å². The molecule has 1 heteroatoms. The minimum Gasteiger partial charge on any atom is -0.0953 e. The maximum Gasteiger partial charge on any atom is 0.0653 e. The van der Waals surface area contributed by atoms with E-state index in [1.165, 1.54) is 11.1 Å². The maximum atomic E-state index is 5.55. The van der Waals surface area contributed by atoms with Gasteiger partial charge in [-0.15, -0.1) is 0 Å². The molecule has 0 N–H and O–H groups in total. The Labute approximate surface area is 77.2 Å². The molecule has 0 spiro atoms. The van der Waals surface area contributed by atoms with Gasteiger partial charge in [-0.25, -0.2) is 0 Å². The molecule has 1 aliphatic rings. The van der Waals surface area contributed by atoms with E-state index in [9.17, 15) is 0 Å². The molecule has 0 bridgehead atoms. The summed E-state index contributed by atoms with van der Waals surface area (Å²) in [6.45, 7) is 12.6. The zero-order chi connectivity index (χ0) is 9.30. The van der Waals surface area contributed by atoms with Crippen molar-refractivity contribution in [3.63, 3.8) is 0 Å². The maximum absolute atomic E-state index is 5.55. The van der Waals surface area contributed by atoms with Crippen molar-refractivity contribution in [1.29, 1.82) is 0 Å². The molecule has 0 aromatic heterocycles. The van der Waals surface area contributed by atoms with Crippen molar-refractivity contribution in [1.82, 2.24) is 0 Å². The Morgan fingerprint density at radius 3 is 2.17 bits per heavy atom. The van der Waals surface area contributed by atoms with Gasteiger partial charge in [0.05, 0.1) is 7.85 Å². The van der Waals surface area contributed by atoms with Crippen LogP contribution in [-0.2, 0) is 0 Å². The van der Waals surface area contributed by atoms with Crippen LogP contribution in [0.5, 0.6) is 0 Å².